The number of halogens is 1. The molecular formula is C16H24ClN3. The zero-order valence-electron chi connectivity index (χ0n) is 12.0. The number of rotatable bonds is 3. The first-order valence-corrected chi connectivity index (χ1v) is 8.12. The van der Waals surface area contributed by atoms with Gasteiger partial charge in [0.2, 0.25) is 0 Å². The smallest absolute Gasteiger partial charge is 0.0614 e. The van der Waals surface area contributed by atoms with Crippen LogP contribution in [0.1, 0.15) is 25.7 Å². The van der Waals surface area contributed by atoms with E-state index in [0.29, 0.717) is 0 Å². The van der Waals surface area contributed by atoms with Crippen LogP contribution in [0.4, 0.5) is 11.4 Å². The van der Waals surface area contributed by atoms with E-state index in [0.717, 1.165) is 35.4 Å². The molecule has 1 aromatic rings. The Morgan fingerprint density at radius 1 is 1.10 bits per heavy atom. The van der Waals surface area contributed by atoms with E-state index in [9.17, 15) is 0 Å². The molecule has 4 heteroatoms. The highest BCUT2D eigenvalue weighted by molar-refractivity contribution is 6.31. The normalized spacial score (nSPS) is 21.6. The molecule has 1 aromatic carbocycles. The summed E-state index contributed by atoms with van der Waals surface area (Å²) in [7, 11) is 0. The summed E-state index contributed by atoms with van der Waals surface area (Å²) in [6, 6.07) is 5.77. The summed E-state index contributed by atoms with van der Waals surface area (Å²) in [4.78, 5) is 5.02. The molecule has 0 atom stereocenters. The van der Waals surface area contributed by atoms with E-state index in [4.69, 9.17) is 17.3 Å². The summed E-state index contributed by atoms with van der Waals surface area (Å²) in [5.41, 5.74) is 8.03. The van der Waals surface area contributed by atoms with E-state index in [1.807, 2.05) is 18.2 Å². The van der Waals surface area contributed by atoms with Gasteiger partial charge in [-0.15, -0.1) is 0 Å². The number of anilines is 2. The maximum absolute atomic E-state index is 6.09. The molecule has 2 saturated heterocycles. The van der Waals surface area contributed by atoms with Crippen LogP contribution in [0.3, 0.4) is 0 Å². The molecule has 0 saturated carbocycles. The molecule has 3 rings (SSSR count). The highest BCUT2D eigenvalue weighted by Crippen LogP contribution is 2.31. The lowest BCUT2D eigenvalue weighted by Gasteiger charge is -2.35. The number of hydrogen-bond acceptors (Lipinski definition) is 3. The summed E-state index contributed by atoms with van der Waals surface area (Å²) < 4.78 is 0. The molecule has 0 unspecified atom stereocenters. The SMILES string of the molecule is Nc1ccc(Cl)cc1N1CCC(CN2CCCC2)CC1. The first-order chi connectivity index (χ1) is 9.72. The lowest BCUT2D eigenvalue weighted by atomic mass is 9.95. The largest absolute Gasteiger partial charge is 0.397 e. The van der Waals surface area contributed by atoms with E-state index in [1.54, 1.807) is 0 Å². The average molecular weight is 294 g/mol. The van der Waals surface area contributed by atoms with E-state index in [1.165, 1.54) is 45.3 Å². The van der Waals surface area contributed by atoms with E-state index >= 15 is 0 Å². The van der Waals surface area contributed by atoms with Crippen LogP contribution >= 0.6 is 11.6 Å². The zero-order valence-corrected chi connectivity index (χ0v) is 12.8. The van der Waals surface area contributed by atoms with Crippen LogP contribution in [0.15, 0.2) is 18.2 Å². The van der Waals surface area contributed by atoms with Crippen LogP contribution in [-0.2, 0) is 0 Å². The molecule has 0 amide bonds. The third-order valence-corrected chi connectivity index (χ3v) is 4.90. The average Bonchev–Trinajstić information content (AvgIpc) is 2.95. The number of hydrogen-bond donors (Lipinski definition) is 1. The predicted molar refractivity (Wildman–Crippen MR) is 86.5 cm³/mol. The predicted octanol–water partition coefficient (Wildman–Crippen LogP) is 3.23. The maximum atomic E-state index is 6.09. The van der Waals surface area contributed by atoms with Gasteiger partial charge in [0.15, 0.2) is 0 Å². The van der Waals surface area contributed by atoms with E-state index < -0.39 is 0 Å². The Kier molecular flexibility index (Phi) is 4.37. The van der Waals surface area contributed by atoms with Crippen molar-refractivity contribution in [2.24, 2.45) is 5.92 Å². The van der Waals surface area contributed by atoms with Crippen LogP contribution < -0.4 is 10.6 Å². The molecule has 2 heterocycles. The maximum Gasteiger partial charge on any atom is 0.0614 e. The quantitative estimate of drug-likeness (QED) is 0.869. The van der Waals surface area contributed by atoms with Crippen LogP contribution in [-0.4, -0.2) is 37.6 Å². The molecule has 3 nitrogen and oxygen atoms in total. The Morgan fingerprint density at radius 2 is 1.80 bits per heavy atom. The van der Waals surface area contributed by atoms with Gasteiger partial charge in [-0.1, -0.05) is 11.6 Å². The Bertz CT molecular complexity index is 449. The van der Waals surface area contributed by atoms with Gasteiger partial charge in [0.1, 0.15) is 0 Å². The first-order valence-electron chi connectivity index (χ1n) is 7.75. The molecule has 2 N–H and O–H groups in total. The monoisotopic (exact) mass is 293 g/mol. The second-order valence-electron chi connectivity index (χ2n) is 6.14. The van der Waals surface area contributed by atoms with Gasteiger partial charge < -0.3 is 15.5 Å². The Labute approximate surface area is 126 Å². The summed E-state index contributed by atoms with van der Waals surface area (Å²) in [6.07, 6.45) is 5.31. The molecule has 2 aliphatic heterocycles. The third kappa shape index (κ3) is 3.21. The van der Waals surface area contributed by atoms with Crippen molar-refractivity contribution in [2.75, 3.05) is 43.4 Å². The Hall–Kier alpha value is -0.930. The molecule has 110 valence electrons. The standard InChI is InChI=1S/C16H24ClN3/c17-14-3-4-15(18)16(11-14)20-9-5-13(6-10-20)12-19-7-1-2-8-19/h3-4,11,13H,1-2,5-10,12,18H2. The van der Waals surface area contributed by atoms with Crippen LogP contribution in [0.25, 0.3) is 0 Å². The van der Waals surface area contributed by atoms with Crippen molar-refractivity contribution in [1.82, 2.24) is 4.90 Å². The second-order valence-corrected chi connectivity index (χ2v) is 6.58. The molecule has 2 aliphatic rings. The van der Waals surface area contributed by atoms with Gasteiger partial charge in [0.25, 0.3) is 0 Å². The van der Waals surface area contributed by atoms with E-state index in [-0.39, 0.29) is 0 Å². The van der Waals surface area contributed by atoms with Gasteiger partial charge in [-0.25, -0.2) is 0 Å². The minimum absolute atomic E-state index is 0.772. The molecule has 0 bridgehead atoms. The summed E-state index contributed by atoms with van der Waals surface area (Å²) in [6.45, 7) is 6.11. The Morgan fingerprint density at radius 3 is 2.50 bits per heavy atom. The summed E-state index contributed by atoms with van der Waals surface area (Å²) in [5, 5.41) is 0.772. The lowest BCUT2D eigenvalue weighted by Crippen LogP contribution is -2.38. The number of likely N-dealkylation sites (tertiary alicyclic amines) is 1. The van der Waals surface area contributed by atoms with Gasteiger partial charge >= 0.3 is 0 Å². The molecule has 0 aromatic heterocycles. The van der Waals surface area contributed by atoms with Crippen molar-refractivity contribution in [3.05, 3.63) is 23.2 Å². The number of benzene rings is 1. The van der Waals surface area contributed by atoms with Gasteiger partial charge in [-0.05, 0) is 62.9 Å². The minimum Gasteiger partial charge on any atom is -0.397 e. The van der Waals surface area contributed by atoms with Crippen LogP contribution in [0.5, 0.6) is 0 Å². The molecule has 0 aliphatic carbocycles. The second kappa shape index (κ2) is 6.23. The molecular weight excluding hydrogens is 270 g/mol. The lowest BCUT2D eigenvalue weighted by molar-refractivity contribution is 0.249. The molecule has 20 heavy (non-hydrogen) atoms. The highest BCUT2D eigenvalue weighted by Gasteiger charge is 2.23. The fourth-order valence-electron chi connectivity index (χ4n) is 3.48. The number of nitrogens with two attached hydrogens (primary N) is 1. The summed E-state index contributed by atoms with van der Waals surface area (Å²) in [5.74, 6) is 0.852. The van der Waals surface area contributed by atoms with Crippen molar-refractivity contribution in [3.8, 4) is 0 Å². The van der Waals surface area contributed by atoms with Crippen molar-refractivity contribution in [3.63, 3.8) is 0 Å². The van der Waals surface area contributed by atoms with Gasteiger partial charge in [-0.3, -0.25) is 0 Å². The summed E-state index contributed by atoms with van der Waals surface area (Å²) >= 11 is 6.09. The van der Waals surface area contributed by atoms with Crippen molar-refractivity contribution in [1.29, 1.82) is 0 Å². The van der Waals surface area contributed by atoms with Crippen LogP contribution in [0, 0.1) is 5.92 Å². The fraction of sp³-hybridized carbons (Fsp3) is 0.625. The molecule has 2 fully saturated rings. The molecule has 0 radical (unpaired) electrons. The van der Waals surface area contributed by atoms with Crippen molar-refractivity contribution in [2.45, 2.75) is 25.7 Å². The minimum atomic E-state index is 0.772. The third-order valence-electron chi connectivity index (χ3n) is 4.66. The van der Waals surface area contributed by atoms with Gasteiger partial charge in [0, 0.05) is 24.7 Å². The topological polar surface area (TPSA) is 32.5 Å². The number of nitrogens with zero attached hydrogens (tertiary/aromatic N) is 2. The first kappa shape index (κ1) is 14.0. The number of piperidine rings is 1. The van der Waals surface area contributed by atoms with Crippen molar-refractivity contribution >= 4 is 23.0 Å². The highest BCUT2D eigenvalue weighted by atomic mass is 35.5. The van der Waals surface area contributed by atoms with Crippen molar-refractivity contribution < 1.29 is 0 Å². The Balaban J connectivity index is 1.56. The van der Waals surface area contributed by atoms with Gasteiger partial charge in [0.05, 0.1) is 11.4 Å². The van der Waals surface area contributed by atoms with Crippen LogP contribution in [0.2, 0.25) is 5.02 Å². The fourth-order valence-corrected chi connectivity index (χ4v) is 3.64. The molecule has 0 spiro atoms. The van der Waals surface area contributed by atoms with Gasteiger partial charge in [-0.2, -0.15) is 0 Å². The van der Waals surface area contributed by atoms with E-state index in [2.05, 4.69) is 9.80 Å². The zero-order chi connectivity index (χ0) is 13.9. The number of nitrogen functional groups attached to an aromatic ring is 1.